The standard InChI is InChI=1S/C58H112O6/c1-6-8-9-10-11-12-13-14-15-16-17-18-19-22-30-35-40-45-50-58(61)64-55(51-62-56(59)48-43-38-33-28-23-20-21-26-31-36-41-46-53(3)4)52-63-57(60)49-44-39-34-29-25-24-27-32-37-42-47-54(5)7-2/h53-55H,6-52H2,1-5H3/t54?,55-/m1/s1. The Balaban J connectivity index is 4.30. The number of esters is 3. The van der Waals surface area contributed by atoms with E-state index in [9.17, 15) is 14.4 Å². The number of ether oxygens (including phenoxy) is 3. The highest BCUT2D eigenvalue weighted by molar-refractivity contribution is 5.71. The molecule has 0 rings (SSSR count). The Morgan fingerprint density at radius 3 is 0.891 bits per heavy atom. The SMILES string of the molecule is CCCCCCCCCCCCCCCCCCCCC(=O)O[C@H](COC(=O)CCCCCCCCCCCCCC(C)C)COC(=O)CCCCCCCCCCCCC(C)CC. The maximum atomic E-state index is 12.9. The molecule has 0 aromatic rings. The first-order chi connectivity index (χ1) is 31.3. The van der Waals surface area contributed by atoms with Gasteiger partial charge in [-0.05, 0) is 31.1 Å². The van der Waals surface area contributed by atoms with Gasteiger partial charge in [-0.2, -0.15) is 0 Å². The van der Waals surface area contributed by atoms with Crippen LogP contribution in [0.25, 0.3) is 0 Å². The average Bonchev–Trinajstić information content (AvgIpc) is 3.28. The normalized spacial score (nSPS) is 12.5. The molecule has 0 N–H and O–H groups in total. The number of hydrogen-bond donors (Lipinski definition) is 0. The molecule has 0 aromatic heterocycles. The quantitative estimate of drug-likeness (QED) is 0.0344. The number of hydrogen-bond acceptors (Lipinski definition) is 6. The van der Waals surface area contributed by atoms with Crippen LogP contribution in [0.5, 0.6) is 0 Å². The van der Waals surface area contributed by atoms with Crippen LogP contribution in [0.2, 0.25) is 0 Å². The van der Waals surface area contributed by atoms with E-state index in [1.54, 1.807) is 0 Å². The van der Waals surface area contributed by atoms with Gasteiger partial charge in [0, 0.05) is 19.3 Å². The van der Waals surface area contributed by atoms with Gasteiger partial charge in [0.05, 0.1) is 0 Å². The van der Waals surface area contributed by atoms with Gasteiger partial charge in [-0.3, -0.25) is 14.4 Å². The topological polar surface area (TPSA) is 78.9 Å². The van der Waals surface area contributed by atoms with Crippen molar-refractivity contribution in [3.8, 4) is 0 Å². The average molecular weight is 906 g/mol. The first-order valence-corrected chi connectivity index (χ1v) is 28.8. The van der Waals surface area contributed by atoms with Crippen LogP contribution in [0.4, 0.5) is 0 Å². The summed E-state index contributed by atoms with van der Waals surface area (Å²) in [5.41, 5.74) is 0. The van der Waals surface area contributed by atoms with E-state index in [1.807, 2.05) is 0 Å². The van der Waals surface area contributed by atoms with E-state index in [1.165, 1.54) is 212 Å². The number of unbranched alkanes of at least 4 members (excludes halogenated alkanes) is 36. The molecule has 0 amide bonds. The summed E-state index contributed by atoms with van der Waals surface area (Å²) in [6.07, 6.45) is 53.7. The molecule has 0 fully saturated rings. The first-order valence-electron chi connectivity index (χ1n) is 28.8. The third-order valence-corrected chi connectivity index (χ3v) is 13.6. The molecule has 0 spiro atoms. The largest absolute Gasteiger partial charge is 0.462 e. The summed E-state index contributed by atoms with van der Waals surface area (Å²) >= 11 is 0. The van der Waals surface area contributed by atoms with Crippen LogP contribution in [0.3, 0.4) is 0 Å². The molecule has 6 heteroatoms. The van der Waals surface area contributed by atoms with Gasteiger partial charge in [0.25, 0.3) is 0 Å². The van der Waals surface area contributed by atoms with E-state index in [0.717, 1.165) is 69.6 Å². The van der Waals surface area contributed by atoms with E-state index in [-0.39, 0.29) is 31.1 Å². The molecule has 0 aliphatic heterocycles. The minimum absolute atomic E-state index is 0.0632. The van der Waals surface area contributed by atoms with Gasteiger partial charge < -0.3 is 14.2 Å². The zero-order valence-corrected chi connectivity index (χ0v) is 43.9. The van der Waals surface area contributed by atoms with Gasteiger partial charge in [-0.15, -0.1) is 0 Å². The highest BCUT2D eigenvalue weighted by Crippen LogP contribution is 2.18. The fraction of sp³-hybridized carbons (Fsp3) is 0.948. The molecular formula is C58H112O6. The Labute approximate surface area is 399 Å². The lowest BCUT2D eigenvalue weighted by Crippen LogP contribution is -2.30. The van der Waals surface area contributed by atoms with Gasteiger partial charge in [0.2, 0.25) is 0 Å². The summed E-state index contributed by atoms with van der Waals surface area (Å²) in [6.45, 7) is 11.4. The van der Waals surface area contributed by atoms with Crippen LogP contribution >= 0.6 is 0 Å². The Morgan fingerprint density at radius 2 is 0.594 bits per heavy atom. The second-order valence-corrected chi connectivity index (χ2v) is 20.6. The third kappa shape index (κ3) is 49.8. The Kier molecular flexibility index (Phi) is 49.6. The van der Waals surface area contributed by atoms with Gasteiger partial charge in [0.15, 0.2) is 6.10 Å². The summed E-state index contributed by atoms with van der Waals surface area (Å²) in [5.74, 6) is 0.855. The van der Waals surface area contributed by atoms with Crippen molar-refractivity contribution in [2.45, 2.75) is 330 Å². The smallest absolute Gasteiger partial charge is 0.306 e. The highest BCUT2D eigenvalue weighted by Gasteiger charge is 2.19. The van der Waals surface area contributed by atoms with Crippen molar-refractivity contribution < 1.29 is 28.6 Å². The molecule has 0 heterocycles. The number of carbonyl (C=O) groups is 3. The molecule has 2 atom stereocenters. The summed E-state index contributed by atoms with van der Waals surface area (Å²) in [6, 6.07) is 0. The summed E-state index contributed by atoms with van der Waals surface area (Å²) in [5, 5.41) is 0. The van der Waals surface area contributed by atoms with Crippen LogP contribution < -0.4 is 0 Å². The lowest BCUT2D eigenvalue weighted by Gasteiger charge is -2.18. The van der Waals surface area contributed by atoms with Crippen molar-refractivity contribution in [3.05, 3.63) is 0 Å². The first kappa shape index (κ1) is 62.4. The fourth-order valence-electron chi connectivity index (χ4n) is 8.84. The van der Waals surface area contributed by atoms with Crippen LogP contribution in [0.1, 0.15) is 324 Å². The summed E-state index contributed by atoms with van der Waals surface area (Å²) in [4.78, 5) is 38.1. The van der Waals surface area contributed by atoms with Gasteiger partial charge in [-0.25, -0.2) is 0 Å². The summed E-state index contributed by atoms with van der Waals surface area (Å²) in [7, 11) is 0. The molecular weight excluding hydrogens is 793 g/mol. The lowest BCUT2D eigenvalue weighted by atomic mass is 9.99. The molecule has 64 heavy (non-hydrogen) atoms. The van der Waals surface area contributed by atoms with Crippen molar-refractivity contribution in [2.24, 2.45) is 11.8 Å². The molecule has 380 valence electrons. The van der Waals surface area contributed by atoms with Crippen molar-refractivity contribution in [3.63, 3.8) is 0 Å². The Bertz CT molecular complexity index is 980. The van der Waals surface area contributed by atoms with Crippen LogP contribution in [0.15, 0.2) is 0 Å². The second-order valence-electron chi connectivity index (χ2n) is 20.6. The van der Waals surface area contributed by atoms with Crippen molar-refractivity contribution in [1.82, 2.24) is 0 Å². The maximum Gasteiger partial charge on any atom is 0.306 e. The second kappa shape index (κ2) is 50.8. The molecule has 0 saturated carbocycles. The van der Waals surface area contributed by atoms with Crippen LogP contribution in [-0.2, 0) is 28.6 Å². The van der Waals surface area contributed by atoms with E-state index in [4.69, 9.17) is 14.2 Å². The van der Waals surface area contributed by atoms with Crippen LogP contribution in [-0.4, -0.2) is 37.2 Å². The van der Waals surface area contributed by atoms with E-state index < -0.39 is 6.10 Å². The maximum absolute atomic E-state index is 12.9. The van der Waals surface area contributed by atoms with E-state index in [0.29, 0.717) is 19.3 Å². The van der Waals surface area contributed by atoms with E-state index in [2.05, 4.69) is 34.6 Å². The van der Waals surface area contributed by atoms with Gasteiger partial charge >= 0.3 is 17.9 Å². The number of rotatable bonds is 52. The molecule has 1 unspecified atom stereocenters. The molecule has 0 saturated heterocycles. The molecule has 0 aliphatic carbocycles. The molecule has 0 radical (unpaired) electrons. The third-order valence-electron chi connectivity index (χ3n) is 13.6. The predicted molar refractivity (Wildman–Crippen MR) is 275 cm³/mol. The predicted octanol–water partition coefficient (Wildman–Crippen LogP) is 18.9. The van der Waals surface area contributed by atoms with Crippen molar-refractivity contribution >= 4 is 17.9 Å². The van der Waals surface area contributed by atoms with Gasteiger partial charge in [0.1, 0.15) is 13.2 Å². The summed E-state index contributed by atoms with van der Waals surface area (Å²) < 4.78 is 16.9. The van der Waals surface area contributed by atoms with Gasteiger partial charge in [-0.1, -0.05) is 285 Å². The van der Waals surface area contributed by atoms with Crippen molar-refractivity contribution in [2.75, 3.05) is 13.2 Å². The molecule has 6 nitrogen and oxygen atoms in total. The lowest BCUT2D eigenvalue weighted by molar-refractivity contribution is -0.167. The highest BCUT2D eigenvalue weighted by atomic mass is 16.6. The fourth-order valence-corrected chi connectivity index (χ4v) is 8.84. The Hall–Kier alpha value is -1.59. The zero-order chi connectivity index (χ0) is 46.8. The van der Waals surface area contributed by atoms with Crippen LogP contribution in [0, 0.1) is 11.8 Å². The van der Waals surface area contributed by atoms with Crippen molar-refractivity contribution in [1.29, 1.82) is 0 Å². The minimum Gasteiger partial charge on any atom is -0.462 e. The number of carbonyl (C=O) groups excluding carboxylic acids is 3. The zero-order valence-electron chi connectivity index (χ0n) is 43.9. The minimum atomic E-state index is -0.763. The Morgan fingerprint density at radius 1 is 0.328 bits per heavy atom. The molecule has 0 aliphatic rings. The monoisotopic (exact) mass is 905 g/mol. The molecule has 0 aromatic carbocycles. The van der Waals surface area contributed by atoms with E-state index >= 15 is 0 Å². The molecule has 0 bridgehead atoms.